The summed E-state index contributed by atoms with van der Waals surface area (Å²) in [5.74, 6) is 0.00848. The Labute approximate surface area is 183 Å². The highest BCUT2D eigenvalue weighted by Crippen LogP contribution is 2.39. The number of rotatable bonds is 5. The molecule has 2 amide bonds. The highest BCUT2D eigenvalue weighted by molar-refractivity contribution is 7.91. The molecular formula is C23H28N2O5S. The van der Waals surface area contributed by atoms with E-state index in [2.05, 4.69) is 0 Å². The highest BCUT2D eigenvalue weighted by Gasteiger charge is 2.34. The number of carbonyl (C=O) groups is 2. The average Bonchev–Trinajstić information content (AvgIpc) is 2.72. The molecule has 1 heterocycles. The first-order valence-corrected chi connectivity index (χ1v) is 12.1. The third kappa shape index (κ3) is 4.58. The topological polar surface area (TPSA) is 84.0 Å². The van der Waals surface area contributed by atoms with Crippen LogP contribution in [0.2, 0.25) is 0 Å². The molecule has 8 heteroatoms. The van der Waals surface area contributed by atoms with Gasteiger partial charge in [0.1, 0.15) is 0 Å². The minimum atomic E-state index is -3.29. The van der Waals surface area contributed by atoms with Gasteiger partial charge < -0.3 is 9.64 Å². The summed E-state index contributed by atoms with van der Waals surface area (Å²) in [5, 5.41) is 0. The molecule has 0 saturated heterocycles. The number of hydrogen-bond donors (Lipinski definition) is 0. The smallest absolute Gasteiger partial charge is 0.414 e. The van der Waals surface area contributed by atoms with E-state index in [1.807, 2.05) is 32.0 Å². The molecule has 0 radical (unpaired) electrons. The van der Waals surface area contributed by atoms with Gasteiger partial charge in [-0.3, -0.25) is 9.69 Å². The molecule has 0 fully saturated rings. The van der Waals surface area contributed by atoms with E-state index in [9.17, 15) is 18.0 Å². The Kier molecular flexibility index (Phi) is 6.69. The monoisotopic (exact) mass is 444 g/mol. The summed E-state index contributed by atoms with van der Waals surface area (Å²) in [6.45, 7) is 7.55. The normalized spacial score (nSPS) is 16.1. The Morgan fingerprint density at radius 1 is 1.03 bits per heavy atom. The number of sulfone groups is 1. The van der Waals surface area contributed by atoms with Gasteiger partial charge in [0.2, 0.25) is 5.91 Å². The summed E-state index contributed by atoms with van der Waals surface area (Å²) in [6, 6.07) is 12.0. The predicted molar refractivity (Wildman–Crippen MR) is 121 cm³/mol. The van der Waals surface area contributed by atoms with Gasteiger partial charge in [-0.25, -0.2) is 13.2 Å². The Morgan fingerprint density at radius 2 is 1.68 bits per heavy atom. The van der Waals surface area contributed by atoms with Crippen molar-refractivity contribution in [3.05, 3.63) is 42.5 Å². The summed E-state index contributed by atoms with van der Waals surface area (Å²) in [5.41, 5.74) is 2.86. The Bertz CT molecular complexity index is 1080. The molecule has 2 aromatic rings. The van der Waals surface area contributed by atoms with Crippen LogP contribution in [0.15, 0.2) is 47.4 Å². The fraction of sp³-hybridized carbons (Fsp3) is 0.391. The molecule has 1 aliphatic rings. The molecule has 0 saturated carbocycles. The van der Waals surface area contributed by atoms with Gasteiger partial charge in [0.15, 0.2) is 9.84 Å². The highest BCUT2D eigenvalue weighted by atomic mass is 32.2. The first kappa shape index (κ1) is 22.8. The second-order valence-electron chi connectivity index (χ2n) is 7.59. The third-order valence-electron chi connectivity index (χ3n) is 5.26. The molecular weight excluding hydrogens is 416 g/mol. The average molecular weight is 445 g/mol. The van der Waals surface area contributed by atoms with Crippen molar-refractivity contribution in [3.63, 3.8) is 0 Å². The Morgan fingerprint density at radius 3 is 2.26 bits per heavy atom. The van der Waals surface area contributed by atoms with Crippen LogP contribution in [-0.2, 0) is 19.4 Å². The molecule has 2 aromatic carbocycles. The van der Waals surface area contributed by atoms with Crippen LogP contribution in [0.25, 0.3) is 11.1 Å². The van der Waals surface area contributed by atoms with Crippen LogP contribution in [0.5, 0.6) is 0 Å². The molecule has 3 rings (SSSR count). The molecule has 31 heavy (non-hydrogen) atoms. The maximum Gasteiger partial charge on any atom is 0.414 e. The molecule has 0 bridgehead atoms. The predicted octanol–water partition coefficient (Wildman–Crippen LogP) is 4.26. The van der Waals surface area contributed by atoms with Crippen LogP contribution < -0.4 is 9.80 Å². The van der Waals surface area contributed by atoms with Crippen LogP contribution >= 0.6 is 0 Å². The van der Waals surface area contributed by atoms with Crippen LogP contribution in [0, 0.1) is 0 Å². The van der Waals surface area contributed by atoms with E-state index in [-0.39, 0.29) is 24.3 Å². The van der Waals surface area contributed by atoms with E-state index >= 15 is 0 Å². The first-order valence-electron chi connectivity index (χ1n) is 10.4. The van der Waals surface area contributed by atoms with Crippen molar-refractivity contribution in [2.45, 2.75) is 45.1 Å². The summed E-state index contributed by atoms with van der Waals surface area (Å²) in [6.07, 6.45) is 0.0980. The summed E-state index contributed by atoms with van der Waals surface area (Å²) in [4.78, 5) is 28.3. The number of amides is 2. The van der Waals surface area contributed by atoms with Gasteiger partial charge in [-0.05, 0) is 55.7 Å². The molecule has 1 atom stereocenters. The molecule has 1 aliphatic heterocycles. The number of carbonyl (C=O) groups excluding carboxylic acids is 2. The lowest BCUT2D eigenvalue weighted by Crippen LogP contribution is -2.51. The fourth-order valence-corrected chi connectivity index (χ4v) is 5.22. The zero-order valence-corrected chi connectivity index (χ0v) is 19.1. The molecule has 0 aliphatic carbocycles. The van der Waals surface area contributed by atoms with Crippen LogP contribution in [-0.4, -0.2) is 45.4 Å². The maximum atomic E-state index is 12.6. The quantitative estimate of drug-likeness (QED) is 0.688. The van der Waals surface area contributed by atoms with E-state index in [0.29, 0.717) is 29.2 Å². The van der Waals surface area contributed by atoms with Crippen molar-refractivity contribution < 1.29 is 22.7 Å². The number of anilines is 2. The molecule has 0 aromatic heterocycles. The molecule has 166 valence electrons. The fourth-order valence-electron chi connectivity index (χ4n) is 3.90. The summed E-state index contributed by atoms with van der Waals surface area (Å²) >= 11 is 0. The summed E-state index contributed by atoms with van der Waals surface area (Å²) < 4.78 is 29.8. The number of nitrogens with zero attached hydrogens (tertiary/aromatic N) is 2. The molecule has 1 unspecified atom stereocenters. The second kappa shape index (κ2) is 9.09. The van der Waals surface area contributed by atoms with Gasteiger partial charge in [0, 0.05) is 13.5 Å². The number of hydrogen-bond acceptors (Lipinski definition) is 5. The largest absolute Gasteiger partial charge is 0.449 e. The minimum Gasteiger partial charge on any atom is -0.449 e. The lowest BCUT2D eigenvalue weighted by atomic mass is 10.0. The van der Waals surface area contributed by atoms with E-state index in [4.69, 9.17) is 4.74 Å². The lowest BCUT2D eigenvalue weighted by Gasteiger charge is -2.40. The van der Waals surface area contributed by atoms with Gasteiger partial charge in [0.25, 0.3) is 0 Å². The van der Waals surface area contributed by atoms with Gasteiger partial charge in [-0.2, -0.15) is 0 Å². The number of benzene rings is 2. The van der Waals surface area contributed by atoms with Crippen molar-refractivity contribution in [1.29, 1.82) is 0 Å². The maximum absolute atomic E-state index is 12.6. The van der Waals surface area contributed by atoms with E-state index in [1.54, 1.807) is 41.0 Å². The van der Waals surface area contributed by atoms with Crippen molar-refractivity contribution in [2.24, 2.45) is 0 Å². The molecule has 0 N–H and O–H groups in total. The minimum absolute atomic E-state index is 0.101. The van der Waals surface area contributed by atoms with Crippen LogP contribution in [0.1, 0.15) is 34.1 Å². The van der Waals surface area contributed by atoms with E-state index < -0.39 is 15.9 Å². The standard InChI is InChI=1S/C23H28N2O5S/c1-5-13-31(28,29)20-10-7-18(8-11-20)19-9-12-21-22(14-19)24(23(27)30-6-2)15-16(3)25(21)17(4)26/h7-12,14,16H,5-6,13,15H2,1-4H3. The third-order valence-corrected chi connectivity index (χ3v) is 7.20. The van der Waals surface area contributed by atoms with E-state index in [0.717, 1.165) is 11.1 Å². The second-order valence-corrected chi connectivity index (χ2v) is 9.70. The van der Waals surface area contributed by atoms with Gasteiger partial charge in [0.05, 0.1) is 34.7 Å². The Hall–Kier alpha value is -2.87. The van der Waals surface area contributed by atoms with Crippen LogP contribution in [0.4, 0.5) is 16.2 Å². The SMILES string of the molecule is CCCS(=O)(=O)c1ccc(-c2ccc3c(c2)N(C(=O)OCC)CC(C)N3C(C)=O)cc1. The van der Waals surface area contributed by atoms with Crippen LogP contribution in [0.3, 0.4) is 0 Å². The number of ether oxygens (including phenoxy) is 1. The number of fused-ring (bicyclic) bond motifs is 1. The lowest BCUT2D eigenvalue weighted by molar-refractivity contribution is -0.117. The molecule has 7 nitrogen and oxygen atoms in total. The molecule has 0 spiro atoms. The van der Waals surface area contributed by atoms with Crippen molar-refractivity contribution >= 4 is 33.2 Å². The van der Waals surface area contributed by atoms with E-state index in [1.165, 1.54) is 6.92 Å². The zero-order chi connectivity index (χ0) is 22.8. The van der Waals surface area contributed by atoms with Gasteiger partial charge in [-0.15, -0.1) is 0 Å². The van der Waals surface area contributed by atoms with Gasteiger partial charge >= 0.3 is 6.09 Å². The first-order chi connectivity index (χ1) is 14.7. The Balaban J connectivity index is 2.04. The van der Waals surface area contributed by atoms with Crippen molar-refractivity contribution in [3.8, 4) is 11.1 Å². The van der Waals surface area contributed by atoms with Crippen molar-refractivity contribution in [1.82, 2.24) is 0 Å². The van der Waals surface area contributed by atoms with Crippen molar-refractivity contribution in [2.75, 3.05) is 28.7 Å². The van der Waals surface area contributed by atoms with Gasteiger partial charge in [-0.1, -0.05) is 25.1 Å². The zero-order valence-electron chi connectivity index (χ0n) is 18.3. The summed E-state index contributed by atoms with van der Waals surface area (Å²) in [7, 11) is -3.29.